The van der Waals surface area contributed by atoms with Crippen molar-refractivity contribution < 1.29 is 17.9 Å². The molecule has 8 heteroatoms. The van der Waals surface area contributed by atoms with Gasteiger partial charge in [-0.15, -0.1) is 0 Å². The Bertz CT molecular complexity index is 1230. The van der Waals surface area contributed by atoms with Crippen LogP contribution in [0.5, 0.6) is 0 Å². The van der Waals surface area contributed by atoms with Crippen molar-refractivity contribution in [3.05, 3.63) is 95.5 Å². The average molecular weight is 490 g/mol. The monoisotopic (exact) mass is 490 g/mol. The van der Waals surface area contributed by atoms with Gasteiger partial charge in [0.05, 0.1) is 0 Å². The number of carbonyl (C=O) groups excluding carboxylic acids is 1. The number of aryl methyl sites for hydroxylation is 1. The lowest BCUT2D eigenvalue weighted by molar-refractivity contribution is -0.360. The van der Waals surface area contributed by atoms with E-state index in [1.54, 1.807) is 42.5 Å². The van der Waals surface area contributed by atoms with E-state index in [1.807, 2.05) is 42.5 Å². The molecule has 1 amide bonds. The van der Waals surface area contributed by atoms with Crippen LogP contribution in [0.4, 0.5) is 8.63 Å². The van der Waals surface area contributed by atoms with Gasteiger partial charge >= 0.3 is 6.97 Å². The molecule has 188 valence electrons. The van der Waals surface area contributed by atoms with E-state index >= 15 is 8.63 Å². The summed E-state index contributed by atoms with van der Waals surface area (Å²) in [5.41, 5.74) is 8.35. The fourth-order valence-electron chi connectivity index (χ4n) is 4.63. The smallest absolute Gasteiger partial charge is 0.394 e. The maximum absolute atomic E-state index is 15.8. The van der Waals surface area contributed by atoms with Gasteiger partial charge in [0.2, 0.25) is 5.91 Å². The van der Waals surface area contributed by atoms with Gasteiger partial charge in [-0.2, -0.15) is 0 Å². The van der Waals surface area contributed by atoms with Crippen LogP contribution in [-0.4, -0.2) is 40.6 Å². The van der Waals surface area contributed by atoms with Gasteiger partial charge in [0.1, 0.15) is 0 Å². The van der Waals surface area contributed by atoms with Crippen LogP contribution in [0, 0.1) is 0 Å². The van der Waals surface area contributed by atoms with Crippen LogP contribution in [0.2, 0.25) is 0 Å². The van der Waals surface area contributed by atoms with Crippen molar-refractivity contribution >= 4 is 30.7 Å². The van der Waals surface area contributed by atoms with Gasteiger partial charge in [0, 0.05) is 43.0 Å². The quantitative estimate of drug-likeness (QED) is 0.252. The van der Waals surface area contributed by atoms with Crippen LogP contribution >= 0.6 is 0 Å². The first-order chi connectivity index (χ1) is 17.5. The van der Waals surface area contributed by atoms with Crippen molar-refractivity contribution in [3.63, 3.8) is 0 Å². The van der Waals surface area contributed by atoms with Gasteiger partial charge in [0.25, 0.3) is 0 Å². The normalized spacial score (nSPS) is 16.0. The molecule has 2 aromatic rings. The molecule has 3 N–H and O–H groups in total. The molecule has 0 bridgehead atoms. The highest BCUT2D eigenvalue weighted by Crippen LogP contribution is 2.33. The third kappa shape index (κ3) is 6.00. The molecule has 2 aliphatic rings. The average Bonchev–Trinajstić information content (AvgIpc) is 3.48. The number of aromatic nitrogens is 1. The minimum Gasteiger partial charge on any atom is -0.394 e. The van der Waals surface area contributed by atoms with E-state index in [9.17, 15) is 4.79 Å². The summed E-state index contributed by atoms with van der Waals surface area (Å²) in [5, 5.41) is 2.89. The third-order valence-electron chi connectivity index (χ3n) is 6.46. The zero-order valence-corrected chi connectivity index (χ0v) is 20.5. The van der Waals surface area contributed by atoms with E-state index in [0.717, 1.165) is 40.2 Å². The molecule has 3 heterocycles. The maximum Gasteiger partial charge on any atom is 0.737 e. The molecule has 1 aromatic heterocycles. The first kappa shape index (κ1) is 25.6. The largest absolute Gasteiger partial charge is 0.737 e. The second-order valence-electron chi connectivity index (χ2n) is 9.09. The Kier molecular flexibility index (Phi) is 8.49. The Morgan fingerprint density at radius 2 is 1.78 bits per heavy atom. The second-order valence-corrected chi connectivity index (χ2v) is 9.09. The zero-order chi connectivity index (χ0) is 25.4. The van der Waals surface area contributed by atoms with E-state index in [0.29, 0.717) is 35.9 Å². The lowest BCUT2D eigenvalue weighted by Gasteiger charge is -2.30. The summed E-state index contributed by atoms with van der Waals surface area (Å²) in [6.45, 7) is -2.80. The molecular formula is C28H33BF2N4O. The highest BCUT2D eigenvalue weighted by molar-refractivity contribution is 6.58. The van der Waals surface area contributed by atoms with Crippen LogP contribution in [0.15, 0.2) is 78.5 Å². The topological polar surface area (TPSA) is 63.1 Å². The van der Waals surface area contributed by atoms with Crippen molar-refractivity contribution in [1.82, 2.24) is 9.79 Å². The van der Waals surface area contributed by atoms with Crippen LogP contribution in [0.1, 0.15) is 49.1 Å². The van der Waals surface area contributed by atoms with Crippen molar-refractivity contribution in [2.75, 3.05) is 13.1 Å². The number of unbranched alkanes of at least 4 members (excludes halogenated alkanes) is 3. The fraction of sp³-hybridized carbons (Fsp3) is 0.286. The summed E-state index contributed by atoms with van der Waals surface area (Å²) in [6, 6.07) is 13.2. The molecule has 0 saturated carbocycles. The van der Waals surface area contributed by atoms with Gasteiger partial charge < -0.3 is 28.6 Å². The molecule has 4 rings (SSSR count). The Labute approximate surface area is 211 Å². The molecule has 0 spiro atoms. The van der Waals surface area contributed by atoms with Crippen LogP contribution < -0.4 is 11.1 Å². The molecule has 0 unspecified atom stereocenters. The predicted octanol–water partition coefficient (Wildman–Crippen LogP) is 4.93. The second kappa shape index (κ2) is 11.9. The predicted molar refractivity (Wildman–Crippen MR) is 144 cm³/mol. The van der Waals surface area contributed by atoms with Crippen LogP contribution in [0.25, 0.3) is 12.2 Å². The maximum atomic E-state index is 15.8. The number of hydrogen-bond acceptors (Lipinski definition) is 2. The highest BCUT2D eigenvalue weighted by atomic mass is 19.2. The molecule has 36 heavy (non-hydrogen) atoms. The summed E-state index contributed by atoms with van der Waals surface area (Å²) in [6.07, 6.45) is 16.8. The fourth-order valence-corrected chi connectivity index (χ4v) is 4.63. The van der Waals surface area contributed by atoms with Crippen LogP contribution in [0.3, 0.4) is 0 Å². The minimum atomic E-state index is -4.09. The van der Waals surface area contributed by atoms with Gasteiger partial charge in [-0.1, -0.05) is 61.4 Å². The van der Waals surface area contributed by atoms with Gasteiger partial charge in [-0.05, 0) is 49.2 Å². The first-order valence-electron chi connectivity index (χ1n) is 12.7. The van der Waals surface area contributed by atoms with E-state index in [2.05, 4.69) is 5.32 Å². The van der Waals surface area contributed by atoms with Crippen molar-refractivity contribution in [3.8, 4) is 0 Å². The highest BCUT2D eigenvalue weighted by Gasteiger charge is 2.52. The number of nitrogens with one attached hydrogen (secondary N) is 1. The molecule has 0 aliphatic carbocycles. The minimum absolute atomic E-state index is 0.115. The summed E-state index contributed by atoms with van der Waals surface area (Å²) in [7, 11) is 0. The Morgan fingerprint density at radius 3 is 2.58 bits per heavy atom. The number of benzene rings is 1. The summed E-state index contributed by atoms with van der Waals surface area (Å²) in [4.78, 5) is 12.3. The Hall–Kier alpha value is -3.52. The molecule has 0 radical (unpaired) electrons. The van der Waals surface area contributed by atoms with Gasteiger partial charge in [0.15, 0.2) is 11.4 Å². The zero-order valence-electron chi connectivity index (χ0n) is 20.5. The number of rotatable bonds is 12. The number of hydrogen-bond donors (Lipinski definition) is 2. The summed E-state index contributed by atoms with van der Waals surface area (Å²) >= 11 is 0. The molecule has 0 saturated heterocycles. The number of carbonyl (C=O) groups is 1. The number of nitrogens with two attached hydrogens (primary N) is 1. The third-order valence-corrected chi connectivity index (χ3v) is 6.46. The molecule has 5 nitrogen and oxygen atoms in total. The standard InChI is InChI=1S/C28H33BF2N4O/c30-29(31)34-24(13-7-6-12-23-10-4-3-5-11-23)14-16-26(34)22-27-17-15-25(35(27)29)18-19-28(36)33-21-9-2-1-8-20-32/h3-7,10-17,22H,1-2,8-9,18-21,32H2,(H,33,36)/b12-6+,13-7-. The molecule has 0 fully saturated rings. The van der Waals surface area contributed by atoms with E-state index < -0.39 is 6.97 Å². The Morgan fingerprint density at radius 1 is 1.00 bits per heavy atom. The van der Waals surface area contributed by atoms with Gasteiger partial charge in [-0.25, -0.2) is 0 Å². The number of amides is 1. The molecule has 1 aromatic carbocycles. The number of nitrogens with zero attached hydrogens (tertiary/aromatic N) is 2. The molecular weight excluding hydrogens is 457 g/mol. The molecule has 0 atom stereocenters. The van der Waals surface area contributed by atoms with E-state index in [-0.39, 0.29) is 18.7 Å². The number of fused-ring (bicyclic) bond motifs is 2. The number of allylic oxidation sites excluding steroid dienone is 5. The Balaban J connectivity index is 1.42. The summed E-state index contributed by atoms with van der Waals surface area (Å²) < 4.78 is 33.9. The lowest BCUT2D eigenvalue weighted by Crippen LogP contribution is -2.50. The summed E-state index contributed by atoms with van der Waals surface area (Å²) in [5.74, 6) is -0.115. The van der Waals surface area contributed by atoms with Crippen molar-refractivity contribution in [1.29, 1.82) is 0 Å². The number of halogens is 2. The van der Waals surface area contributed by atoms with E-state index in [4.69, 9.17) is 5.73 Å². The SMILES string of the molecule is NCCCCCCNC(=O)CCc1ccc2n1[B-](F)(F)[N+]1=C(/C=C\C=C\c3ccccc3)C=CC1=C2. The lowest BCUT2D eigenvalue weighted by atomic mass is 9.90. The van der Waals surface area contributed by atoms with Crippen molar-refractivity contribution in [2.24, 2.45) is 5.73 Å². The van der Waals surface area contributed by atoms with Crippen LogP contribution in [-0.2, 0) is 11.2 Å². The van der Waals surface area contributed by atoms with Crippen molar-refractivity contribution in [2.45, 2.75) is 38.5 Å². The van der Waals surface area contributed by atoms with Gasteiger partial charge in [-0.3, -0.25) is 4.79 Å². The van der Waals surface area contributed by atoms with E-state index in [1.165, 1.54) is 0 Å². The first-order valence-corrected chi connectivity index (χ1v) is 12.7. The molecule has 2 aliphatic heterocycles.